The summed E-state index contributed by atoms with van der Waals surface area (Å²) in [6.45, 7) is 2.24. The van der Waals surface area contributed by atoms with Crippen molar-refractivity contribution < 1.29 is 5.11 Å². The molecule has 0 spiro atoms. The molecule has 0 fully saturated rings. The molecule has 0 radical (unpaired) electrons. The van der Waals surface area contributed by atoms with Crippen LogP contribution in [0.1, 0.15) is 12.5 Å². The maximum Gasteiger partial charge on any atom is 0.0459 e. The van der Waals surface area contributed by atoms with Gasteiger partial charge in [-0.15, -0.1) is 0 Å². The molecule has 3 heteroatoms. The summed E-state index contributed by atoms with van der Waals surface area (Å²) in [6.07, 6.45) is 4.47. The van der Waals surface area contributed by atoms with Crippen molar-refractivity contribution in [2.75, 3.05) is 6.61 Å². The molecule has 12 heavy (non-hydrogen) atoms. The van der Waals surface area contributed by atoms with Gasteiger partial charge in [0.15, 0.2) is 0 Å². The minimum Gasteiger partial charge on any atom is -0.396 e. The molecular formula is C9H12BrNO. The number of pyridine rings is 1. The van der Waals surface area contributed by atoms with Crippen molar-refractivity contribution in [1.82, 2.24) is 4.98 Å². The third kappa shape index (κ3) is 2.91. The van der Waals surface area contributed by atoms with E-state index in [1.807, 2.05) is 19.2 Å². The van der Waals surface area contributed by atoms with Gasteiger partial charge in [-0.05, 0) is 39.9 Å². The van der Waals surface area contributed by atoms with Crippen molar-refractivity contribution >= 4 is 15.9 Å². The Morgan fingerprint density at radius 1 is 1.58 bits per heavy atom. The topological polar surface area (TPSA) is 33.1 Å². The highest BCUT2D eigenvalue weighted by atomic mass is 79.9. The molecule has 1 aromatic rings. The number of halogens is 1. The molecule has 0 aromatic carbocycles. The smallest absolute Gasteiger partial charge is 0.0459 e. The summed E-state index contributed by atoms with van der Waals surface area (Å²) >= 11 is 3.35. The molecule has 0 amide bonds. The highest BCUT2D eigenvalue weighted by Crippen LogP contribution is 2.12. The van der Waals surface area contributed by atoms with E-state index < -0.39 is 0 Å². The Labute approximate surface area is 80.8 Å². The average molecular weight is 230 g/mol. The maximum absolute atomic E-state index is 8.83. The molecule has 66 valence electrons. The van der Waals surface area contributed by atoms with Gasteiger partial charge in [0.05, 0.1) is 0 Å². The Kier molecular flexibility index (Phi) is 3.69. The van der Waals surface area contributed by atoms with Crippen molar-refractivity contribution in [2.45, 2.75) is 13.3 Å². The lowest BCUT2D eigenvalue weighted by Crippen LogP contribution is -2.04. The zero-order valence-electron chi connectivity index (χ0n) is 7.00. The molecular weight excluding hydrogens is 218 g/mol. The van der Waals surface area contributed by atoms with E-state index in [9.17, 15) is 0 Å². The van der Waals surface area contributed by atoms with E-state index in [0.29, 0.717) is 5.92 Å². The molecule has 0 aliphatic rings. The Morgan fingerprint density at radius 3 is 2.92 bits per heavy atom. The maximum atomic E-state index is 8.83. The van der Waals surface area contributed by atoms with Crippen LogP contribution in [0.4, 0.5) is 0 Å². The number of aliphatic hydroxyl groups excluding tert-OH is 1. The fourth-order valence-electron chi connectivity index (χ4n) is 1.03. The second-order valence-corrected chi connectivity index (χ2v) is 3.92. The fourth-order valence-corrected chi connectivity index (χ4v) is 1.45. The minimum atomic E-state index is 0.229. The minimum absolute atomic E-state index is 0.229. The Hall–Kier alpha value is -0.410. The molecule has 0 saturated carbocycles. The predicted molar refractivity (Wildman–Crippen MR) is 51.9 cm³/mol. The lowest BCUT2D eigenvalue weighted by molar-refractivity contribution is 0.237. The van der Waals surface area contributed by atoms with Gasteiger partial charge in [0.1, 0.15) is 0 Å². The highest BCUT2D eigenvalue weighted by Gasteiger charge is 2.02. The van der Waals surface area contributed by atoms with Crippen molar-refractivity contribution in [3.05, 3.63) is 28.5 Å². The monoisotopic (exact) mass is 229 g/mol. The molecule has 0 bridgehead atoms. The second-order valence-electron chi connectivity index (χ2n) is 3.00. The molecule has 1 unspecified atom stereocenters. The number of rotatable bonds is 3. The van der Waals surface area contributed by atoms with Crippen molar-refractivity contribution in [3.63, 3.8) is 0 Å². The first-order valence-corrected chi connectivity index (χ1v) is 4.72. The quantitative estimate of drug-likeness (QED) is 0.861. The Balaban J connectivity index is 2.63. The average Bonchev–Trinajstić information content (AvgIpc) is 2.04. The van der Waals surface area contributed by atoms with Crippen LogP contribution >= 0.6 is 15.9 Å². The lowest BCUT2D eigenvalue weighted by atomic mass is 10.0. The third-order valence-electron chi connectivity index (χ3n) is 1.66. The normalized spacial score (nSPS) is 12.9. The van der Waals surface area contributed by atoms with E-state index in [-0.39, 0.29) is 6.61 Å². The molecule has 1 rings (SSSR count). The third-order valence-corrected chi connectivity index (χ3v) is 2.09. The number of aliphatic hydroxyl groups is 1. The van der Waals surface area contributed by atoms with Crippen molar-refractivity contribution in [2.24, 2.45) is 5.92 Å². The van der Waals surface area contributed by atoms with Crippen LogP contribution in [0, 0.1) is 5.92 Å². The van der Waals surface area contributed by atoms with E-state index in [2.05, 4.69) is 20.9 Å². The van der Waals surface area contributed by atoms with Gasteiger partial charge in [-0.2, -0.15) is 0 Å². The van der Waals surface area contributed by atoms with Gasteiger partial charge < -0.3 is 5.11 Å². The molecule has 2 nitrogen and oxygen atoms in total. The van der Waals surface area contributed by atoms with Crippen LogP contribution in [-0.2, 0) is 6.42 Å². The molecule has 1 heterocycles. The van der Waals surface area contributed by atoms with Crippen LogP contribution in [0.2, 0.25) is 0 Å². The van der Waals surface area contributed by atoms with Crippen LogP contribution in [0.5, 0.6) is 0 Å². The van der Waals surface area contributed by atoms with Gasteiger partial charge in [0.2, 0.25) is 0 Å². The zero-order chi connectivity index (χ0) is 8.97. The molecule has 1 aromatic heterocycles. The van der Waals surface area contributed by atoms with Crippen LogP contribution in [0.15, 0.2) is 22.9 Å². The standard InChI is InChI=1S/C9H12BrNO/c1-7(6-12)2-8-3-9(10)5-11-4-8/h3-5,7,12H,2,6H2,1H3. The van der Waals surface area contributed by atoms with Gasteiger partial charge in [-0.25, -0.2) is 0 Å². The first kappa shape index (κ1) is 9.68. The number of nitrogens with zero attached hydrogens (tertiary/aromatic N) is 1. The van der Waals surface area contributed by atoms with Crippen molar-refractivity contribution in [3.8, 4) is 0 Å². The summed E-state index contributed by atoms with van der Waals surface area (Å²) in [5.41, 5.74) is 1.16. The second kappa shape index (κ2) is 4.58. The number of hydrogen-bond donors (Lipinski definition) is 1. The molecule has 0 aliphatic heterocycles. The van der Waals surface area contributed by atoms with E-state index in [4.69, 9.17) is 5.11 Å². The summed E-state index contributed by atoms with van der Waals surface area (Å²) in [5.74, 6) is 0.307. The largest absolute Gasteiger partial charge is 0.396 e. The predicted octanol–water partition coefficient (Wildman–Crippen LogP) is 2.02. The van der Waals surface area contributed by atoms with Crippen LogP contribution in [0.25, 0.3) is 0 Å². The summed E-state index contributed by atoms with van der Waals surface area (Å²) in [6, 6.07) is 2.03. The van der Waals surface area contributed by atoms with Gasteiger partial charge in [-0.1, -0.05) is 6.92 Å². The Bertz CT molecular complexity index is 252. The lowest BCUT2D eigenvalue weighted by Gasteiger charge is -2.06. The van der Waals surface area contributed by atoms with E-state index >= 15 is 0 Å². The van der Waals surface area contributed by atoms with E-state index in [1.54, 1.807) is 6.20 Å². The van der Waals surface area contributed by atoms with Gasteiger partial charge in [0.25, 0.3) is 0 Å². The van der Waals surface area contributed by atoms with Crippen LogP contribution in [0.3, 0.4) is 0 Å². The van der Waals surface area contributed by atoms with Gasteiger partial charge in [-0.3, -0.25) is 4.98 Å². The summed E-state index contributed by atoms with van der Waals surface area (Å²) in [4.78, 5) is 4.04. The Morgan fingerprint density at radius 2 is 2.33 bits per heavy atom. The van der Waals surface area contributed by atoms with Gasteiger partial charge in [0, 0.05) is 23.5 Å². The van der Waals surface area contributed by atoms with Crippen LogP contribution < -0.4 is 0 Å². The number of hydrogen-bond acceptors (Lipinski definition) is 2. The van der Waals surface area contributed by atoms with Crippen LogP contribution in [-0.4, -0.2) is 16.7 Å². The first-order chi connectivity index (χ1) is 5.72. The summed E-state index contributed by atoms with van der Waals surface area (Å²) in [7, 11) is 0. The summed E-state index contributed by atoms with van der Waals surface area (Å²) in [5, 5.41) is 8.83. The zero-order valence-corrected chi connectivity index (χ0v) is 8.58. The van der Waals surface area contributed by atoms with Crippen molar-refractivity contribution in [1.29, 1.82) is 0 Å². The molecule has 0 aliphatic carbocycles. The fraction of sp³-hybridized carbons (Fsp3) is 0.444. The van der Waals surface area contributed by atoms with Gasteiger partial charge >= 0.3 is 0 Å². The van der Waals surface area contributed by atoms with E-state index in [0.717, 1.165) is 16.5 Å². The SMILES string of the molecule is CC(CO)Cc1cncc(Br)c1. The molecule has 0 saturated heterocycles. The molecule has 1 atom stereocenters. The van der Waals surface area contributed by atoms with E-state index in [1.165, 1.54) is 0 Å². The number of aromatic nitrogens is 1. The first-order valence-electron chi connectivity index (χ1n) is 3.92. The summed E-state index contributed by atoms with van der Waals surface area (Å²) < 4.78 is 0.991. The molecule has 1 N–H and O–H groups in total. The highest BCUT2D eigenvalue weighted by molar-refractivity contribution is 9.10.